The molecular formula is C11H13IN2O. The van der Waals surface area contributed by atoms with E-state index in [1.54, 1.807) is 0 Å². The van der Waals surface area contributed by atoms with Gasteiger partial charge in [-0.25, -0.2) is 4.98 Å². The molecule has 0 spiro atoms. The van der Waals surface area contributed by atoms with Gasteiger partial charge in [-0.05, 0) is 47.9 Å². The highest BCUT2D eigenvalue weighted by atomic mass is 127. The van der Waals surface area contributed by atoms with E-state index in [-0.39, 0.29) is 6.04 Å². The first-order valence-electron chi connectivity index (χ1n) is 5.29. The lowest BCUT2D eigenvalue weighted by atomic mass is 9.80. The van der Waals surface area contributed by atoms with Crippen LogP contribution in [0.5, 0.6) is 0 Å². The summed E-state index contributed by atoms with van der Waals surface area (Å²) in [5.41, 5.74) is 0.280. The smallest absolute Gasteiger partial charge is 0.108 e. The van der Waals surface area contributed by atoms with Crippen molar-refractivity contribution in [1.82, 2.24) is 10.3 Å². The highest BCUT2D eigenvalue weighted by Gasteiger charge is 2.50. The Morgan fingerprint density at radius 3 is 2.87 bits per heavy atom. The first-order valence-corrected chi connectivity index (χ1v) is 6.37. The molecule has 2 aliphatic rings. The van der Waals surface area contributed by atoms with E-state index in [0.717, 1.165) is 22.1 Å². The van der Waals surface area contributed by atoms with Crippen molar-refractivity contribution in [3.63, 3.8) is 0 Å². The number of rotatable bonds is 1. The van der Waals surface area contributed by atoms with Crippen LogP contribution in [0.1, 0.15) is 24.8 Å². The summed E-state index contributed by atoms with van der Waals surface area (Å²) in [6, 6.07) is 4.68. The lowest BCUT2D eigenvalue weighted by Gasteiger charge is -2.31. The van der Waals surface area contributed by atoms with Crippen molar-refractivity contribution in [2.45, 2.75) is 36.9 Å². The van der Waals surface area contributed by atoms with Crippen LogP contribution >= 0.6 is 22.6 Å². The number of aliphatic hydroxyl groups is 1. The van der Waals surface area contributed by atoms with Crippen LogP contribution in [-0.4, -0.2) is 22.2 Å². The first kappa shape index (κ1) is 9.99. The molecule has 2 saturated heterocycles. The molecule has 15 heavy (non-hydrogen) atoms. The van der Waals surface area contributed by atoms with Gasteiger partial charge in [-0.15, -0.1) is 0 Å². The molecule has 0 saturated carbocycles. The zero-order valence-electron chi connectivity index (χ0n) is 8.28. The molecule has 1 aromatic rings. The Kier molecular flexibility index (Phi) is 2.26. The van der Waals surface area contributed by atoms with E-state index in [0.29, 0.717) is 6.04 Å². The van der Waals surface area contributed by atoms with Gasteiger partial charge in [0.1, 0.15) is 9.30 Å². The molecule has 2 fully saturated rings. The lowest BCUT2D eigenvalue weighted by molar-refractivity contribution is 0.0115. The van der Waals surface area contributed by atoms with Gasteiger partial charge in [0.15, 0.2) is 0 Å². The van der Waals surface area contributed by atoms with E-state index >= 15 is 0 Å². The molecule has 3 atom stereocenters. The van der Waals surface area contributed by atoms with Gasteiger partial charge in [-0.1, -0.05) is 6.07 Å². The predicted molar refractivity (Wildman–Crippen MR) is 65.4 cm³/mol. The third-order valence-electron chi connectivity index (χ3n) is 3.60. The van der Waals surface area contributed by atoms with E-state index in [1.807, 2.05) is 18.3 Å². The van der Waals surface area contributed by atoms with E-state index in [2.05, 4.69) is 32.9 Å². The first-order chi connectivity index (χ1) is 7.18. The highest BCUT2D eigenvalue weighted by Crippen LogP contribution is 2.43. The van der Waals surface area contributed by atoms with Crippen molar-refractivity contribution in [2.75, 3.05) is 0 Å². The van der Waals surface area contributed by atoms with Crippen molar-refractivity contribution in [1.29, 1.82) is 0 Å². The Balaban J connectivity index is 1.96. The Bertz CT molecular complexity index is 381. The Morgan fingerprint density at radius 1 is 1.47 bits per heavy atom. The quantitative estimate of drug-likeness (QED) is 0.608. The fourth-order valence-electron chi connectivity index (χ4n) is 2.83. The number of aromatic nitrogens is 1. The average molecular weight is 316 g/mol. The summed E-state index contributed by atoms with van der Waals surface area (Å²) in [7, 11) is 0. The van der Waals surface area contributed by atoms with Crippen LogP contribution in [0.3, 0.4) is 0 Å². The van der Waals surface area contributed by atoms with Crippen molar-refractivity contribution >= 4 is 22.6 Å². The third kappa shape index (κ3) is 1.50. The summed E-state index contributed by atoms with van der Waals surface area (Å²) in [4.78, 5) is 4.25. The zero-order chi connectivity index (χ0) is 10.5. The molecule has 3 nitrogen and oxygen atoms in total. The Labute approximate surface area is 102 Å². The van der Waals surface area contributed by atoms with Gasteiger partial charge in [-0.2, -0.15) is 0 Å². The normalized spacial score (nSPS) is 38.5. The number of halogens is 1. The maximum atomic E-state index is 10.6. The van der Waals surface area contributed by atoms with Crippen molar-refractivity contribution in [3.8, 4) is 0 Å². The number of hydrogen-bond acceptors (Lipinski definition) is 3. The number of fused-ring (bicyclic) bond motifs is 2. The number of hydrogen-bond donors (Lipinski definition) is 2. The van der Waals surface area contributed by atoms with E-state index in [1.165, 1.54) is 6.42 Å². The molecule has 0 aliphatic carbocycles. The molecule has 2 aliphatic heterocycles. The molecule has 0 aromatic carbocycles. The lowest BCUT2D eigenvalue weighted by Crippen LogP contribution is -2.39. The van der Waals surface area contributed by atoms with Crippen LogP contribution in [0.4, 0.5) is 0 Å². The number of nitrogens with zero attached hydrogens (tertiary/aromatic N) is 1. The highest BCUT2D eigenvalue weighted by molar-refractivity contribution is 14.1. The predicted octanol–water partition coefficient (Wildman–Crippen LogP) is 1.40. The van der Waals surface area contributed by atoms with Crippen LogP contribution in [0.15, 0.2) is 18.3 Å². The van der Waals surface area contributed by atoms with Crippen LogP contribution in [0.25, 0.3) is 0 Å². The molecule has 2 bridgehead atoms. The topological polar surface area (TPSA) is 45.2 Å². The van der Waals surface area contributed by atoms with Crippen molar-refractivity contribution in [2.24, 2.45) is 0 Å². The van der Waals surface area contributed by atoms with E-state index in [9.17, 15) is 5.11 Å². The van der Waals surface area contributed by atoms with Gasteiger partial charge < -0.3 is 10.4 Å². The van der Waals surface area contributed by atoms with Gasteiger partial charge in [0.2, 0.25) is 0 Å². The summed E-state index contributed by atoms with van der Waals surface area (Å²) in [6.45, 7) is 0. The van der Waals surface area contributed by atoms with Crippen LogP contribution in [0.2, 0.25) is 0 Å². The van der Waals surface area contributed by atoms with Gasteiger partial charge in [-0.3, -0.25) is 0 Å². The Hall–Kier alpha value is -0.200. The van der Waals surface area contributed by atoms with Crippen LogP contribution < -0.4 is 5.32 Å². The minimum Gasteiger partial charge on any atom is -0.383 e. The molecular weight excluding hydrogens is 303 g/mol. The molecule has 0 unspecified atom stereocenters. The van der Waals surface area contributed by atoms with Crippen molar-refractivity contribution < 1.29 is 5.11 Å². The van der Waals surface area contributed by atoms with Crippen molar-refractivity contribution in [3.05, 3.63) is 27.6 Å². The van der Waals surface area contributed by atoms with Gasteiger partial charge in [0.05, 0.1) is 0 Å². The Morgan fingerprint density at radius 2 is 2.33 bits per heavy atom. The van der Waals surface area contributed by atoms with Gasteiger partial charge in [0.25, 0.3) is 0 Å². The van der Waals surface area contributed by atoms with E-state index in [4.69, 9.17) is 0 Å². The molecule has 80 valence electrons. The summed E-state index contributed by atoms with van der Waals surface area (Å²) < 4.78 is 0.969. The van der Waals surface area contributed by atoms with Gasteiger partial charge >= 0.3 is 0 Å². The SMILES string of the molecule is O[C@]1(c2ccc(I)nc2)C[C@@H]2CC[C@H]1N2. The third-order valence-corrected chi connectivity index (χ3v) is 4.24. The molecule has 3 rings (SSSR count). The van der Waals surface area contributed by atoms with Crippen LogP contribution in [0, 0.1) is 3.70 Å². The molecule has 4 heteroatoms. The standard InChI is InChI=1S/C11H13IN2O/c12-10-4-1-7(6-13-10)11(15)5-8-2-3-9(11)14-8/h1,4,6,8-9,14-15H,2-3,5H2/t8-,9+,11-/m0/s1. The largest absolute Gasteiger partial charge is 0.383 e. The summed E-state index contributed by atoms with van der Waals surface area (Å²) >= 11 is 2.18. The average Bonchev–Trinajstić information content (AvgIpc) is 2.78. The second kappa shape index (κ2) is 3.40. The fourth-order valence-corrected chi connectivity index (χ4v) is 3.14. The van der Waals surface area contributed by atoms with E-state index < -0.39 is 5.60 Å². The summed E-state index contributed by atoms with van der Waals surface area (Å²) in [5.74, 6) is 0. The van der Waals surface area contributed by atoms with Gasteiger partial charge in [0, 0.05) is 23.8 Å². The second-order valence-corrected chi connectivity index (χ2v) is 5.60. The summed E-state index contributed by atoms with van der Waals surface area (Å²) in [5, 5.41) is 14.1. The number of pyridine rings is 1. The monoisotopic (exact) mass is 316 g/mol. The summed E-state index contributed by atoms with van der Waals surface area (Å²) in [6.07, 6.45) is 4.92. The molecule has 0 radical (unpaired) electrons. The zero-order valence-corrected chi connectivity index (χ0v) is 10.4. The molecule has 2 N–H and O–H groups in total. The molecule has 0 amide bonds. The maximum Gasteiger partial charge on any atom is 0.108 e. The molecule has 1 aromatic heterocycles. The minimum atomic E-state index is -0.680. The molecule has 3 heterocycles. The number of nitrogens with one attached hydrogen (secondary N) is 1. The fraction of sp³-hybridized carbons (Fsp3) is 0.545. The maximum absolute atomic E-state index is 10.6. The minimum absolute atomic E-state index is 0.226. The van der Waals surface area contributed by atoms with Crippen LogP contribution in [-0.2, 0) is 5.60 Å². The second-order valence-electron chi connectivity index (χ2n) is 4.49.